The van der Waals surface area contributed by atoms with Crippen LogP contribution in [0.15, 0.2) is 52.7 Å². The minimum Gasteiger partial charge on any atom is -0.271 e. The molecule has 0 saturated carbocycles. The van der Waals surface area contributed by atoms with Crippen LogP contribution in [-0.2, 0) is 14.8 Å². The average molecular weight is 381 g/mol. The lowest BCUT2D eigenvalue weighted by Gasteiger charge is -2.21. The van der Waals surface area contributed by atoms with Crippen LogP contribution in [0.2, 0.25) is 0 Å². The Labute approximate surface area is 150 Å². The molecule has 0 aliphatic rings. The largest absolute Gasteiger partial charge is 0.279 e. The predicted octanol–water partition coefficient (Wildman–Crippen LogP) is 1.51. The number of rotatable bonds is 6. The molecule has 0 bridgehead atoms. The van der Waals surface area contributed by atoms with E-state index in [2.05, 4.69) is 15.6 Å². The van der Waals surface area contributed by atoms with E-state index in [9.17, 15) is 18.0 Å². The molecule has 0 spiro atoms. The Morgan fingerprint density at radius 2 is 1.68 bits per heavy atom. The fraction of sp³-hybridized carbons (Fsp3) is 0.250. The molecule has 25 heavy (non-hydrogen) atoms. The number of amides is 2. The zero-order valence-electron chi connectivity index (χ0n) is 13.7. The molecule has 2 amide bonds. The van der Waals surface area contributed by atoms with Gasteiger partial charge in [-0.3, -0.25) is 20.4 Å². The molecule has 0 aliphatic carbocycles. The Balaban J connectivity index is 2.04. The van der Waals surface area contributed by atoms with E-state index in [1.165, 1.54) is 23.5 Å². The summed E-state index contributed by atoms with van der Waals surface area (Å²) in [5, 5.41) is 1.74. The molecule has 134 valence electrons. The van der Waals surface area contributed by atoms with Gasteiger partial charge in [-0.05, 0) is 29.5 Å². The van der Waals surface area contributed by atoms with E-state index in [-0.39, 0.29) is 10.8 Å². The quantitative estimate of drug-likeness (QED) is 0.660. The lowest BCUT2D eigenvalue weighted by atomic mass is 10.1. The van der Waals surface area contributed by atoms with Crippen LogP contribution in [0, 0.1) is 5.92 Å². The van der Waals surface area contributed by atoms with Gasteiger partial charge in [-0.2, -0.15) is 4.72 Å². The normalized spacial score (nSPS) is 12.6. The Morgan fingerprint density at radius 3 is 2.24 bits per heavy atom. The van der Waals surface area contributed by atoms with E-state index in [0.29, 0.717) is 4.88 Å². The monoisotopic (exact) mass is 381 g/mol. The van der Waals surface area contributed by atoms with Crippen molar-refractivity contribution in [3.8, 4) is 0 Å². The summed E-state index contributed by atoms with van der Waals surface area (Å²) >= 11 is 1.23. The van der Waals surface area contributed by atoms with E-state index in [1.807, 2.05) is 0 Å². The predicted molar refractivity (Wildman–Crippen MR) is 95.3 cm³/mol. The lowest BCUT2D eigenvalue weighted by molar-refractivity contribution is -0.124. The number of hydrogen-bond donors (Lipinski definition) is 3. The summed E-state index contributed by atoms with van der Waals surface area (Å²) in [4.78, 5) is 24.7. The SMILES string of the molecule is CC(C)C(NS(=O)(=O)c1ccccc1)C(=O)NNC(=O)c1cccs1. The van der Waals surface area contributed by atoms with Crippen molar-refractivity contribution in [3.05, 3.63) is 52.7 Å². The molecule has 2 aromatic rings. The number of hydrazine groups is 1. The van der Waals surface area contributed by atoms with Crippen LogP contribution >= 0.6 is 11.3 Å². The number of hydrogen-bond acceptors (Lipinski definition) is 5. The molecule has 7 nitrogen and oxygen atoms in total. The van der Waals surface area contributed by atoms with Crippen molar-refractivity contribution < 1.29 is 18.0 Å². The van der Waals surface area contributed by atoms with Crippen molar-refractivity contribution >= 4 is 33.2 Å². The molecule has 1 heterocycles. The second-order valence-electron chi connectivity index (χ2n) is 5.58. The van der Waals surface area contributed by atoms with Gasteiger partial charge in [-0.15, -0.1) is 11.3 Å². The zero-order chi connectivity index (χ0) is 18.4. The van der Waals surface area contributed by atoms with Gasteiger partial charge in [-0.25, -0.2) is 8.42 Å². The van der Waals surface area contributed by atoms with Crippen LogP contribution in [0.3, 0.4) is 0 Å². The second kappa shape index (κ2) is 8.24. The maximum Gasteiger partial charge on any atom is 0.279 e. The van der Waals surface area contributed by atoms with Crippen molar-refractivity contribution in [2.75, 3.05) is 0 Å². The number of benzene rings is 1. The maximum atomic E-state index is 12.4. The van der Waals surface area contributed by atoms with Crippen molar-refractivity contribution in [1.29, 1.82) is 0 Å². The summed E-state index contributed by atoms with van der Waals surface area (Å²) < 4.78 is 27.2. The molecule has 1 aromatic heterocycles. The summed E-state index contributed by atoms with van der Waals surface area (Å²) in [6.45, 7) is 3.41. The first kappa shape index (κ1) is 19.1. The first-order valence-corrected chi connectivity index (χ1v) is 9.88. The molecule has 1 unspecified atom stereocenters. The van der Waals surface area contributed by atoms with Crippen LogP contribution in [0.4, 0.5) is 0 Å². The lowest BCUT2D eigenvalue weighted by Crippen LogP contribution is -2.54. The average Bonchev–Trinajstić information content (AvgIpc) is 3.12. The molecule has 1 atom stereocenters. The number of sulfonamides is 1. The van der Waals surface area contributed by atoms with Crippen molar-refractivity contribution in [3.63, 3.8) is 0 Å². The summed E-state index contributed by atoms with van der Waals surface area (Å²) in [5.41, 5.74) is 4.55. The van der Waals surface area contributed by atoms with Gasteiger partial charge < -0.3 is 0 Å². The Hall–Kier alpha value is -2.23. The first-order chi connectivity index (χ1) is 11.8. The number of nitrogens with one attached hydrogen (secondary N) is 3. The number of carbonyl (C=O) groups is 2. The number of thiophene rings is 1. The van der Waals surface area contributed by atoms with E-state index in [0.717, 1.165) is 0 Å². The third-order valence-corrected chi connectivity index (χ3v) is 5.65. The van der Waals surface area contributed by atoms with E-state index >= 15 is 0 Å². The highest BCUT2D eigenvalue weighted by atomic mass is 32.2. The smallest absolute Gasteiger partial charge is 0.271 e. The van der Waals surface area contributed by atoms with Gasteiger partial charge >= 0.3 is 0 Å². The summed E-state index contributed by atoms with van der Waals surface area (Å²) in [6, 6.07) is 10.1. The van der Waals surface area contributed by atoms with Gasteiger partial charge in [0.05, 0.1) is 9.77 Å². The fourth-order valence-electron chi connectivity index (χ4n) is 1.99. The minimum atomic E-state index is -3.85. The summed E-state index contributed by atoms with van der Waals surface area (Å²) in [6.07, 6.45) is 0. The molecular formula is C16H19N3O4S2. The third kappa shape index (κ3) is 5.12. The second-order valence-corrected chi connectivity index (χ2v) is 8.24. The minimum absolute atomic E-state index is 0.0658. The molecule has 0 saturated heterocycles. The van der Waals surface area contributed by atoms with Crippen molar-refractivity contribution in [2.45, 2.75) is 24.8 Å². The highest BCUT2D eigenvalue weighted by molar-refractivity contribution is 7.89. The van der Waals surface area contributed by atoms with Gasteiger partial charge in [0.2, 0.25) is 10.0 Å². The molecule has 0 fully saturated rings. The molecule has 9 heteroatoms. The van der Waals surface area contributed by atoms with E-state index in [1.54, 1.807) is 49.6 Å². The third-order valence-electron chi connectivity index (χ3n) is 3.33. The molecule has 3 N–H and O–H groups in total. The Bertz CT molecular complexity index is 818. The molecular weight excluding hydrogens is 362 g/mol. The summed E-state index contributed by atoms with van der Waals surface area (Å²) in [7, 11) is -3.85. The summed E-state index contributed by atoms with van der Waals surface area (Å²) in [5.74, 6) is -1.42. The zero-order valence-corrected chi connectivity index (χ0v) is 15.4. The maximum absolute atomic E-state index is 12.4. The highest BCUT2D eigenvalue weighted by Gasteiger charge is 2.28. The van der Waals surface area contributed by atoms with Gasteiger partial charge in [-0.1, -0.05) is 38.1 Å². The van der Waals surface area contributed by atoms with Crippen molar-refractivity contribution in [1.82, 2.24) is 15.6 Å². The topological polar surface area (TPSA) is 104 Å². The van der Waals surface area contributed by atoms with Crippen LogP contribution in [-0.4, -0.2) is 26.3 Å². The van der Waals surface area contributed by atoms with Crippen LogP contribution < -0.4 is 15.6 Å². The van der Waals surface area contributed by atoms with Gasteiger partial charge in [0.25, 0.3) is 11.8 Å². The molecule has 0 aliphatic heterocycles. The van der Waals surface area contributed by atoms with Gasteiger partial charge in [0, 0.05) is 0 Å². The molecule has 0 radical (unpaired) electrons. The van der Waals surface area contributed by atoms with Gasteiger partial charge in [0.1, 0.15) is 6.04 Å². The molecule has 2 rings (SSSR count). The van der Waals surface area contributed by atoms with Crippen LogP contribution in [0.25, 0.3) is 0 Å². The van der Waals surface area contributed by atoms with Crippen LogP contribution in [0.1, 0.15) is 23.5 Å². The Kier molecular flexibility index (Phi) is 6.29. The Morgan fingerprint density at radius 1 is 1.00 bits per heavy atom. The van der Waals surface area contributed by atoms with E-state index in [4.69, 9.17) is 0 Å². The standard InChI is InChI=1S/C16H19N3O4S2/c1-11(2)14(19-25(22,23)12-7-4-3-5-8-12)16(21)18-17-15(20)13-9-6-10-24-13/h3-11,14,19H,1-2H3,(H,17,20)(H,18,21). The van der Waals surface area contributed by atoms with Crippen molar-refractivity contribution in [2.24, 2.45) is 5.92 Å². The van der Waals surface area contributed by atoms with E-state index < -0.39 is 27.9 Å². The fourth-order valence-corrected chi connectivity index (χ4v) is 3.98. The number of carbonyl (C=O) groups excluding carboxylic acids is 2. The highest BCUT2D eigenvalue weighted by Crippen LogP contribution is 2.11. The first-order valence-electron chi connectivity index (χ1n) is 7.52. The molecule has 1 aromatic carbocycles. The van der Waals surface area contributed by atoms with Gasteiger partial charge in [0.15, 0.2) is 0 Å². The van der Waals surface area contributed by atoms with Crippen LogP contribution in [0.5, 0.6) is 0 Å².